The van der Waals surface area contributed by atoms with Gasteiger partial charge in [0.2, 0.25) is 5.95 Å². The van der Waals surface area contributed by atoms with E-state index in [1.54, 1.807) is 12.5 Å². The van der Waals surface area contributed by atoms with E-state index in [0.717, 1.165) is 6.08 Å². The van der Waals surface area contributed by atoms with Crippen molar-refractivity contribution >= 4 is 5.84 Å². The molecule has 0 aromatic heterocycles. The lowest BCUT2D eigenvalue weighted by Gasteiger charge is -2.22. The number of halogens is 2. The maximum Gasteiger partial charge on any atom is 0.212 e. The number of hydrogen-bond donors (Lipinski definition) is 2. The highest BCUT2D eigenvalue weighted by molar-refractivity contribution is 5.93. The first kappa shape index (κ1) is 9.72. The van der Waals surface area contributed by atoms with Crippen LogP contribution in [-0.2, 0) is 0 Å². The molecular formula is C6H10F2N4O. The second-order valence-corrected chi connectivity index (χ2v) is 2.47. The van der Waals surface area contributed by atoms with Crippen LogP contribution in [0.2, 0.25) is 0 Å². The number of aliphatic hydroxyl groups is 1. The molecule has 0 radical (unpaired) electrons. The Morgan fingerprint density at radius 1 is 1.77 bits per heavy atom. The van der Waals surface area contributed by atoms with Gasteiger partial charge < -0.3 is 10.0 Å². The van der Waals surface area contributed by atoms with Gasteiger partial charge in [-0.15, -0.1) is 5.10 Å². The Morgan fingerprint density at radius 3 is 3.00 bits per heavy atom. The van der Waals surface area contributed by atoms with Crippen molar-refractivity contribution in [1.29, 1.82) is 0 Å². The third-order valence-corrected chi connectivity index (χ3v) is 1.47. The van der Waals surface area contributed by atoms with Crippen LogP contribution in [0.25, 0.3) is 0 Å². The zero-order valence-corrected chi connectivity index (χ0v) is 7.04. The quantitative estimate of drug-likeness (QED) is 0.467. The summed E-state index contributed by atoms with van der Waals surface area (Å²) in [6, 6.07) is 0. The summed E-state index contributed by atoms with van der Waals surface area (Å²) in [5, 5.41) is 11.7. The standard InChI is InChI=1S/C6H10F2N4O/c1-11(2-3-13)6-4-5(7)9-12(8)10-6/h4,9,13H,2-3H2,1H3. The molecule has 0 saturated heterocycles. The van der Waals surface area contributed by atoms with Crippen molar-refractivity contribution in [2.45, 2.75) is 0 Å². The third-order valence-electron chi connectivity index (χ3n) is 1.47. The lowest BCUT2D eigenvalue weighted by atomic mass is 10.4. The highest BCUT2D eigenvalue weighted by atomic mass is 19.2. The van der Waals surface area contributed by atoms with Gasteiger partial charge in [-0.25, -0.2) is 5.43 Å². The predicted molar refractivity (Wildman–Crippen MR) is 42.4 cm³/mol. The van der Waals surface area contributed by atoms with Crippen molar-refractivity contribution in [3.05, 3.63) is 12.0 Å². The van der Waals surface area contributed by atoms with Crippen LogP contribution < -0.4 is 5.43 Å². The minimum atomic E-state index is -0.836. The first-order valence-corrected chi connectivity index (χ1v) is 3.64. The van der Waals surface area contributed by atoms with Gasteiger partial charge in [0.25, 0.3) is 0 Å². The van der Waals surface area contributed by atoms with Crippen molar-refractivity contribution in [1.82, 2.24) is 15.7 Å². The van der Waals surface area contributed by atoms with Crippen molar-refractivity contribution in [3.8, 4) is 0 Å². The molecule has 13 heavy (non-hydrogen) atoms. The molecule has 1 rings (SSSR count). The van der Waals surface area contributed by atoms with E-state index in [1.165, 1.54) is 4.90 Å². The highest BCUT2D eigenvalue weighted by Crippen LogP contribution is 2.05. The number of nitrogens with one attached hydrogen (secondary N) is 1. The fraction of sp³-hybridized carbons (Fsp3) is 0.500. The summed E-state index contributed by atoms with van der Waals surface area (Å²) in [4.78, 5) is 1.42. The number of nitrogens with zero attached hydrogens (tertiary/aromatic N) is 3. The fourth-order valence-corrected chi connectivity index (χ4v) is 0.829. The molecule has 0 aromatic rings. The van der Waals surface area contributed by atoms with Crippen molar-refractivity contribution in [3.63, 3.8) is 0 Å². The Bertz CT molecular complexity index is 243. The van der Waals surface area contributed by atoms with E-state index in [9.17, 15) is 8.87 Å². The Hall–Kier alpha value is -1.37. The van der Waals surface area contributed by atoms with E-state index in [0.29, 0.717) is 0 Å². The van der Waals surface area contributed by atoms with E-state index in [-0.39, 0.29) is 24.3 Å². The first-order chi connectivity index (χ1) is 6.13. The van der Waals surface area contributed by atoms with Crippen molar-refractivity contribution in [2.75, 3.05) is 20.2 Å². The van der Waals surface area contributed by atoms with Crippen molar-refractivity contribution in [2.24, 2.45) is 5.10 Å². The molecule has 7 heteroatoms. The molecule has 0 bridgehead atoms. The molecule has 0 atom stereocenters. The lowest BCUT2D eigenvalue weighted by molar-refractivity contribution is -0.0293. The Labute approximate surface area is 73.8 Å². The van der Waals surface area contributed by atoms with Crippen LogP contribution >= 0.6 is 0 Å². The lowest BCUT2D eigenvalue weighted by Crippen LogP contribution is -2.36. The Kier molecular flexibility index (Phi) is 3.02. The number of aliphatic hydroxyl groups excluding tert-OH is 1. The van der Waals surface area contributed by atoms with E-state index in [4.69, 9.17) is 5.11 Å². The van der Waals surface area contributed by atoms with E-state index in [2.05, 4.69) is 5.10 Å². The molecule has 1 heterocycles. The second-order valence-electron chi connectivity index (χ2n) is 2.47. The van der Waals surface area contributed by atoms with Gasteiger partial charge >= 0.3 is 0 Å². The molecule has 0 fully saturated rings. The molecule has 0 aliphatic carbocycles. The number of hydrogen-bond acceptors (Lipinski definition) is 5. The van der Waals surface area contributed by atoms with Gasteiger partial charge in [0.1, 0.15) is 0 Å². The zero-order valence-electron chi connectivity index (χ0n) is 7.04. The van der Waals surface area contributed by atoms with Crippen LogP contribution in [0.15, 0.2) is 17.1 Å². The summed E-state index contributed by atoms with van der Waals surface area (Å²) in [6.07, 6.45) is 1.03. The van der Waals surface area contributed by atoms with Crippen LogP contribution in [0.1, 0.15) is 0 Å². The number of hydrazone groups is 1. The van der Waals surface area contributed by atoms with Gasteiger partial charge in [0.05, 0.1) is 6.61 Å². The van der Waals surface area contributed by atoms with Gasteiger partial charge in [-0.05, 0) is 5.34 Å². The number of rotatable bonds is 2. The van der Waals surface area contributed by atoms with Crippen molar-refractivity contribution < 1.29 is 14.0 Å². The summed E-state index contributed by atoms with van der Waals surface area (Å²) in [5.41, 5.74) is 1.69. The van der Waals surface area contributed by atoms with Crippen LogP contribution in [0.4, 0.5) is 8.87 Å². The third kappa shape index (κ3) is 2.55. The van der Waals surface area contributed by atoms with Crippen LogP contribution in [0.3, 0.4) is 0 Å². The summed E-state index contributed by atoms with van der Waals surface area (Å²) >= 11 is 0. The van der Waals surface area contributed by atoms with Crippen LogP contribution in [0, 0.1) is 0 Å². The van der Waals surface area contributed by atoms with E-state index in [1.807, 2.05) is 0 Å². The molecule has 1 aliphatic rings. The predicted octanol–water partition coefficient (Wildman–Crippen LogP) is -0.260. The summed E-state index contributed by atoms with van der Waals surface area (Å²) in [5.74, 6) is -0.731. The van der Waals surface area contributed by atoms with Gasteiger partial charge in [-0.1, -0.05) is 4.48 Å². The zero-order chi connectivity index (χ0) is 9.84. The molecular weight excluding hydrogens is 182 g/mol. The van der Waals surface area contributed by atoms with Gasteiger partial charge in [-0.2, -0.15) is 4.39 Å². The van der Waals surface area contributed by atoms with Crippen LogP contribution in [0.5, 0.6) is 0 Å². The molecule has 0 unspecified atom stereocenters. The van der Waals surface area contributed by atoms with Gasteiger partial charge in [-0.3, -0.25) is 0 Å². The van der Waals surface area contributed by atoms with E-state index >= 15 is 0 Å². The monoisotopic (exact) mass is 192 g/mol. The molecule has 0 spiro atoms. The second kappa shape index (κ2) is 4.04. The summed E-state index contributed by atoms with van der Waals surface area (Å²) < 4.78 is 25.0. The average Bonchev–Trinajstić information content (AvgIpc) is 2.03. The number of amidine groups is 1. The molecule has 1 aliphatic heterocycles. The molecule has 2 N–H and O–H groups in total. The topological polar surface area (TPSA) is 51.1 Å². The largest absolute Gasteiger partial charge is 0.395 e. The maximum atomic E-state index is 12.6. The highest BCUT2D eigenvalue weighted by Gasteiger charge is 2.14. The van der Waals surface area contributed by atoms with Gasteiger partial charge in [0, 0.05) is 19.7 Å². The minimum absolute atomic E-state index is 0.104. The number of hydrazine groups is 1. The number of likely N-dealkylation sites (N-methyl/N-ethyl adjacent to an activating group) is 1. The van der Waals surface area contributed by atoms with Crippen LogP contribution in [-0.4, -0.2) is 41.4 Å². The SMILES string of the molecule is CN(CCO)C1=NN(F)NC(F)=C1. The molecule has 74 valence electrons. The minimum Gasteiger partial charge on any atom is -0.395 e. The van der Waals surface area contributed by atoms with Gasteiger partial charge in [0.15, 0.2) is 5.84 Å². The fourth-order valence-electron chi connectivity index (χ4n) is 0.829. The summed E-state index contributed by atoms with van der Waals surface area (Å²) in [6.45, 7) is 0.154. The maximum absolute atomic E-state index is 12.6. The molecule has 0 aromatic carbocycles. The Morgan fingerprint density at radius 2 is 2.46 bits per heavy atom. The molecule has 0 saturated carbocycles. The van der Waals surface area contributed by atoms with E-state index < -0.39 is 5.95 Å². The summed E-state index contributed by atoms with van der Waals surface area (Å²) in [7, 11) is 1.57. The first-order valence-electron chi connectivity index (χ1n) is 3.64. The molecule has 5 nitrogen and oxygen atoms in total. The normalized spacial score (nSPS) is 16.2. The average molecular weight is 192 g/mol. The smallest absolute Gasteiger partial charge is 0.212 e. The molecule has 0 amide bonds. The Balaban J connectivity index is 2.67.